The smallest absolute Gasteiger partial charge is 0.221 e. The van der Waals surface area contributed by atoms with Crippen LogP contribution in [-0.4, -0.2) is 19.5 Å². The highest BCUT2D eigenvalue weighted by atomic mass is 35.5. The number of amides is 1. The summed E-state index contributed by atoms with van der Waals surface area (Å²) in [5.41, 5.74) is 0.831. The minimum atomic E-state index is -0.148. The van der Waals surface area contributed by atoms with Crippen molar-refractivity contribution in [1.29, 1.82) is 0 Å². The first-order valence-electron chi connectivity index (χ1n) is 5.44. The van der Waals surface area contributed by atoms with Crippen molar-refractivity contribution < 1.29 is 4.79 Å². The third-order valence-electron chi connectivity index (χ3n) is 2.43. The average Bonchev–Trinajstić information content (AvgIpc) is 2.29. The third kappa shape index (κ3) is 4.19. The van der Waals surface area contributed by atoms with E-state index < -0.39 is 0 Å². The number of hydrogen-bond donors (Lipinski definition) is 2. The van der Waals surface area contributed by atoms with E-state index in [0.717, 1.165) is 5.56 Å². The number of halogens is 2. The van der Waals surface area contributed by atoms with Crippen LogP contribution in [0.5, 0.6) is 0 Å². The minimum Gasteiger partial charge on any atom is -0.349 e. The number of carbonyl (C=O) groups excluding carboxylic acids is 1. The largest absolute Gasteiger partial charge is 0.349 e. The summed E-state index contributed by atoms with van der Waals surface area (Å²) in [4.78, 5) is 11.6. The standard InChI is InChI=1S/C12H16Cl2N2O/c1-8(16-11(17)6-7-15-2)9-4-3-5-10(13)12(9)14/h3-5,8,15H,6-7H2,1-2H3,(H,16,17). The molecule has 0 heterocycles. The molecule has 3 nitrogen and oxygen atoms in total. The van der Waals surface area contributed by atoms with E-state index in [2.05, 4.69) is 10.6 Å². The summed E-state index contributed by atoms with van der Waals surface area (Å²) in [7, 11) is 1.81. The maximum atomic E-state index is 11.6. The molecule has 0 fully saturated rings. The maximum absolute atomic E-state index is 11.6. The zero-order valence-electron chi connectivity index (χ0n) is 9.89. The van der Waals surface area contributed by atoms with Crippen molar-refractivity contribution in [2.45, 2.75) is 19.4 Å². The van der Waals surface area contributed by atoms with Crippen LogP contribution in [0.3, 0.4) is 0 Å². The summed E-state index contributed by atoms with van der Waals surface area (Å²) < 4.78 is 0. The molecule has 0 saturated carbocycles. The maximum Gasteiger partial charge on any atom is 0.221 e. The van der Waals surface area contributed by atoms with Gasteiger partial charge in [-0.3, -0.25) is 4.79 Å². The van der Waals surface area contributed by atoms with Crippen LogP contribution in [0, 0.1) is 0 Å². The predicted molar refractivity (Wildman–Crippen MR) is 71.6 cm³/mol. The van der Waals surface area contributed by atoms with Crippen molar-refractivity contribution in [2.24, 2.45) is 0 Å². The van der Waals surface area contributed by atoms with Crippen molar-refractivity contribution in [3.63, 3.8) is 0 Å². The lowest BCUT2D eigenvalue weighted by molar-refractivity contribution is -0.121. The van der Waals surface area contributed by atoms with Crippen LogP contribution >= 0.6 is 23.2 Å². The lowest BCUT2D eigenvalue weighted by Gasteiger charge is -2.16. The molecule has 1 aromatic carbocycles. The molecule has 0 saturated heterocycles. The molecule has 0 bridgehead atoms. The molecule has 0 aliphatic heterocycles. The van der Waals surface area contributed by atoms with Gasteiger partial charge in [0.25, 0.3) is 0 Å². The van der Waals surface area contributed by atoms with Gasteiger partial charge < -0.3 is 10.6 Å². The van der Waals surface area contributed by atoms with Crippen LogP contribution in [0.15, 0.2) is 18.2 Å². The number of hydrogen-bond acceptors (Lipinski definition) is 2. The van der Waals surface area contributed by atoms with Gasteiger partial charge in [-0.25, -0.2) is 0 Å². The molecule has 17 heavy (non-hydrogen) atoms. The molecular weight excluding hydrogens is 259 g/mol. The highest BCUT2D eigenvalue weighted by Crippen LogP contribution is 2.29. The second kappa shape index (κ2) is 6.84. The number of benzene rings is 1. The highest BCUT2D eigenvalue weighted by Gasteiger charge is 2.13. The number of rotatable bonds is 5. The summed E-state index contributed by atoms with van der Waals surface area (Å²) in [5, 5.41) is 6.80. The highest BCUT2D eigenvalue weighted by molar-refractivity contribution is 6.42. The van der Waals surface area contributed by atoms with Gasteiger partial charge in [0.05, 0.1) is 16.1 Å². The van der Waals surface area contributed by atoms with Gasteiger partial charge in [-0.15, -0.1) is 0 Å². The van der Waals surface area contributed by atoms with Crippen LogP contribution in [-0.2, 0) is 4.79 Å². The van der Waals surface area contributed by atoms with E-state index in [1.165, 1.54) is 0 Å². The molecule has 0 spiro atoms. The summed E-state index contributed by atoms with van der Waals surface area (Å²) in [6, 6.07) is 5.26. The van der Waals surface area contributed by atoms with Crippen LogP contribution in [0.2, 0.25) is 10.0 Å². The van der Waals surface area contributed by atoms with Crippen LogP contribution in [0.25, 0.3) is 0 Å². The van der Waals surface area contributed by atoms with E-state index >= 15 is 0 Å². The molecular formula is C12H16Cl2N2O. The number of nitrogens with one attached hydrogen (secondary N) is 2. The van der Waals surface area contributed by atoms with Gasteiger partial charge in [-0.2, -0.15) is 0 Å². The first-order chi connectivity index (χ1) is 8.06. The van der Waals surface area contributed by atoms with Crippen molar-refractivity contribution in [1.82, 2.24) is 10.6 Å². The molecule has 0 aliphatic rings. The van der Waals surface area contributed by atoms with Crippen molar-refractivity contribution in [3.8, 4) is 0 Å². The van der Waals surface area contributed by atoms with Crippen molar-refractivity contribution in [3.05, 3.63) is 33.8 Å². The Hall–Kier alpha value is -0.770. The molecule has 1 aromatic rings. The Morgan fingerprint density at radius 1 is 1.41 bits per heavy atom. The summed E-state index contributed by atoms with van der Waals surface area (Å²) in [6.45, 7) is 2.54. The first kappa shape index (κ1) is 14.3. The zero-order chi connectivity index (χ0) is 12.8. The fourth-order valence-electron chi connectivity index (χ4n) is 1.48. The zero-order valence-corrected chi connectivity index (χ0v) is 11.4. The van der Waals surface area contributed by atoms with E-state index in [1.807, 2.05) is 26.1 Å². The molecule has 1 rings (SSSR count). The predicted octanol–water partition coefficient (Wildman–Crippen LogP) is 2.78. The van der Waals surface area contributed by atoms with Crippen LogP contribution < -0.4 is 10.6 Å². The monoisotopic (exact) mass is 274 g/mol. The Kier molecular flexibility index (Phi) is 5.75. The van der Waals surface area contributed by atoms with Gasteiger partial charge in [0, 0.05) is 13.0 Å². The van der Waals surface area contributed by atoms with Crippen molar-refractivity contribution >= 4 is 29.1 Å². The van der Waals surface area contributed by atoms with Gasteiger partial charge >= 0.3 is 0 Å². The van der Waals surface area contributed by atoms with Gasteiger partial charge in [0.1, 0.15) is 0 Å². The molecule has 0 radical (unpaired) electrons. The fourth-order valence-corrected chi connectivity index (χ4v) is 1.96. The molecule has 1 atom stereocenters. The van der Waals surface area contributed by atoms with E-state index in [4.69, 9.17) is 23.2 Å². The van der Waals surface area contributed by atoms with Gasteiger partial charge in [-0.05, 0) is 25.6 Å². The molecule has 1 unspecified atom stereocenters. The van der Waals surface area contributed by atoms with Gasteiger partial charge in [0.2, 0.25) is 5.91 Å². The molecule has 0 aliphatic carbocycles. The van der Waals surface area contributed by atoms with E-state index in [-0.39, 0.29) is 11.9 Å². The van der Waals surface area contributed by atoms with Gasteiger partial charge in [0.15, 0.2) is 0 Å². The lowest BCUT2D eigenvalue weighted by atomic mass is 10.1. The molecule has 2 N–H and O–H groups in total. The van der Waals surface area contributed by atoms with E-state index in [9.17, 15) is 4.79 Å². The van der Waals surface area contributed by atoms with E-state index in [1.54, 1.807) is 6.07 Å². The second-order valence-electron chi connectivity index (χ2n) is 3.79. The Balaban J connectivity index is 2.66. The first-order valence-corrected chi connectivity index (χ1v) is 6.19. The van der Waals surface area contributed by atoms with Gasteiger partial charge in [-0.1, -0.05) is 35.3 Å². The van der Waals surface area contributed by atoms with E-state index in [0.29, 0.717) is 23.0 Å². The summed E-state index contributed by atoms with van der Waals surface area (Å²) in [5.74, 6) is -0.0112. The van der Waals surface area contributed by atoms with Crippen LogP contribution in [0.1, 0.15) is 24.9 Å². The Morgan fingerprint density at radius 2 is 2.12 bits per heavy atom. The Bertz CT molecular complexity index is 396. The summed E-state index contributed by atoms with van der Waals surface area (Å²) >= 11 is 12.0. The second-order valence-corrected chi connectivity index (χ2v) is 4.57. The molecule has 5 heteroatoms. The van der Waals surface area contributed by atoms with Crippen molar-refractivity contribution in [2.75, 3.05) is 13.6 Å². The minimum absolute atomic E-state index is 0.0112. The summed E-state index contributed by atoms with van der Waals surface area (Å²) in [6.07, 6.45) is 0.443. The fraction of sp³-hybridized carbons (Fsp3) is 0.417. The van der Waals surface area contributed by atoms with Crippen LogP contribution in [0.4, 0.5) is 0 Å². The Morgan fingerprint density at radius 3 is 2.76 bits per heavy atom. The number of carbonyl (C=O) groups is 1. The quantitative estimate of drug-likeness (QED) is 0.867. The SMILES string of the molecule is CNCCC(=O)NC(C)c1cccc(Cl)c1Cl. The molecule has 1 amide bonds. The third-order valence-corrected chi connectivity index (χ3v) is 3.26. The lowest BCUT2D eigenvalue weighted by Crippen LogP contribution is -2.29. The average molecular weight is 275 g/mol. The topological polar surface area (TPSA) is 41.1 Å². The molecule has 0 aromatic heterocycles. The normalized spacial score (nSPS) is 12.2. The Labute approximate surface area is 111 Å². The molecule has 94 valence electrons.